The topological polar surface area (TPSA) is 62.3 Å². The van der Waals surface area contributed by atoms with Crippen LogP contribution in [0, 0.1) is 0 Å². The van der Waals surface area contributed by atoms with Gasteiger partial charge in [-0.05, 0) is 42.5 Å². The number of carbonyl (C=O) groups is 2. The summed E-state index contributed by atoms with van der Waals surface area (Å²) in [6, 6.07) is 8.85. The van der Waals surface area contributed by atoms with Crippen LogP contribution in [-0.4, -0.2) is 34.8 Å². The fourth-order valence-corrected chi connectivity index (χ4v) is 4.76. The molecule has 3 heterocycles. The lowest BCUT2D eigenvalue weighted by Crippen LogP contribution is -2.29. The summed E-state index contributed by atoms with van der Waals surface area (Å²) >= 11 is 9.09. The maximum Gasteiger partial charge on any atom is 0.275 e. The number of carbonyl (C=O) groups excluding carboxylic acids is 2. The first kappa shape index (κ1) is 18.2. The van der Waals surface area contributed by atoms with E-state index in [1.54, 1.807) is 39.8 Å². The summed E-state index contributed by atoms with van der Waals surface area (Å²) in [7, 11) is 0. The van der Waals surface area contributed by atoms with E-state index in [9.17, 15) is 9.59 Å². The molecule has 1 aromatic carbocycles. The molecule has 0 atom stereocenters. The smallest absolute Gasteiger partial charge is 0.275 e. The van der Waals surface area contributed by atoms with E-state index in [1.165, 1.54) is 11.3 Å². The summed E-state index contributed by atoms with van der Waals surface area (Å²) in [5.74, 6) is -0.449. The molecule has 0 radical (unpaired) electrons. The first-order valence-corrected chi connectivity index (χ1v) is 10.6. The molecular weight excluding hydrogens is 402 g/mol. The highest BCUT2D eigenvalue weighted by Gasteiger charge is 2.23. The maximum atomic E-state index is 12.8. The molecule has 0 aliphatic carbocycles. The molecule has 5 nitrogen and oxygen atoms in total. The lowest BCUT2D eigenvalue weighted by atomic mass is 10.1. The zero-order chi connectivity index (χ0) is 18.8. The van der Waals surface area contributed by atoms with Crippen LogP contribution in [0.1, 0.15) is 33.7 Å². The fourth-order valence-electron chi connectivity index (χ4n) is 2.97. The highest BCUT2D eigenvalue weighted by atomic mass is 35.5. The molecule has 1 aliphatic rings. The summed E-state index contributed by atoms with van der Waals surface area (Å²) in [5.41, 5.74) is 1.19. The fraction of sp³-hybridized carbons (Fsp3) is 0.211. The Kier molecular flexibility index (Phi) is 5.24. The van der Waals surface area contributed by atoms with Gasteiger partial charge >= 0.3 is 0 Å². The number of hydrogen-bond acceptors (Lipinski definition) is 5. The van der Waals surface area contributed by atoms with E-state index in [-0.39, 0.29) is 11.8 Å². The molecule has 8 heteroatoms. The van der Waals surface area contributed by atoms with E-state index >= 15 is 0 Å². The zero-order valence-electron chi connectivity index (χ0n) is 14.3. The Morgan fingerprint density at radius 2 is 1.96 bits per heavy atom. The standard InChI is InChI=1S/C19H16ClN3O2S2/c20-12-5-6-14(13(10-12)19(25)23-7-1-2-8-23)21-17(24)15-11-27-18(22-15)16-4-3-9-26-16/h3-6,9-11H,1-2,7-8H2,(H,21,24). The third-order valence-electron chi connectivity index (χ3n) is 4.32. The van der Waals surface area contributed by atoms with E-state index in [1.807, 2.05) is 17.5 Å². The number of anilines is 1. The van der Waals surface area contributed by atoms with Gasteiger partial charge in [0.25, 0.3) is 11.8 Å². The molecule has 27 heavy (non-hydrogen) atoms. The summed E-state index contributed by atoms with van der Waals surface area (Å²) in [6.45, 7) is 1.46. The summed E-state index contributed by atoms with van der Waals surface area (Å²) in [4.78, 5) is 32.7. The van der Waals surface area contributed by atoms with Crippen molar-refractivity contribution >= 4 is 51.8 Å². The number of rotatable bonds is 4. The van der Waals surface area contributed by atoms with Crippen LogP contribution in [0.3, 0.4) is 0 Å². The monoisotopic (exact) mass is 417 g/mol. The number of thiophene rings is 1. The van der Waals surface area contributed by atoms with Gasteiger partial charge in [-0.25, -0.2) is 4.98 Å². The van der Waals surface area contributed by atoms with Gasteiger partial charge in [0, 0.05) is 23.5 Å². The molecular formula is C19H16ClN3O2S2. The molecule has 0 bridgehead atoms. The van der Waals surface area contributed by atoms with E-state index in [0.717, 1.165) is 35.8 Å². The minimum Gasteiger partial charge on any atom is -0.339 e. The number of benzene rings is 1. The molecule has 2 aromatic heterocycles. The van der Waals surface area contributed by atoms with Crippen LogP contribution in [0.2, 0.25) is 5.02 Å². The van der Waals surface area contributed by atoms with Gasteiger partial charge in [0.2, 0.25) is 0 Å². The Hall–Kier alpha value is -2.22. The third kappa shape index (κ3) is 3.90. The molecule has 0 unspecified atom stereocenters. The number of thiazole rings is 1. The molecule has 4 rings (SSSR count). The zero-order valence-corrected chi connectivity index (χ0v) is 16.7. The van der Waals surface area contributed by atoms with Gasteiger partial charge in [0.1, 0.15) is 10.7 Å². The molecule has 3 aromatic rings. The van der Waals surface area contributed by atoms with Gasteiger partial charge in [-0.2, -0.15) is 0 Å². The van der Waals surface area contributed by atoms with Crippen molar-refractivity contribution in [2.45, 2.75) is 12.8 Å². The van der Waals surface area contributed by atoms with Crippen LogP contribution in [0.25, 0.3) is 9.88 Å². The Morgan fingerprint density at radius 3 is 2.70 bits per heavy atom. The number of likely N-dealkylation sites (tertiary alicyclic amines) is 1. The molecule has 2 amide bonds. The second kappa shape index (κ2) is 7.80. The lowest BCUT2D eigenvalue weighted by Gasteiger charge is -2.18. The van der Waals surface area contributed by atoms with Crippen molar-refractivity contribution in [3.05, 3.63) is 57.4 Å². The van der Waals surface area contributed by atoms with Crippen LogP contribution in [0.4, 0.5) is 5.69 Å². The van der Waals surface area contributed by atoms with Crippen molar-refractivity contribution in [1.82, 2.24) is 9.88 Å². The number of halogens is 1. The highest BCUT2D eigenvalue weighted by Crippen LogP contribution is 2.29. The van der Waals surface area contributed by atoms with Gasteiger partial charge in [-0.15, -0.1) is 22.7 Å². The minimum atomic E-state index is -0.341. The SMILES string of the molecule is O=C(Nc1ccc(Cl)cc1C(=O)N1CCCC1)c1csc(-c2cccs2)n1. The van der Waals surface area contributed by atoms with Crippen molar-refractivity contribution in [2.75, 3.05) is 18.4 Å². The second-order valence-electron chi connectivity index (χ2n) is 6.16. The molecule has 1 fully saturated rings. The van der Waals surface area contributed by atoms with Gasteiger partial charge in [-0.3, -0.25) is 9.59 Å². The number of hydrogen-bond donors (Lipinski definition) is 1. The van der Waals surface area contributed by atoms with E-state index in [4.69, 9.17) is 11.6 Å². The molecule has 138 valence electrons. The van der Waals surface area contributed by atoms with Gasteiger partial charge in [0.05, 0.1) is 16.1 Å². The summed E-state index contributed by atoms with van der Waals surface area (Å²) in [5, 5.41) is 7.78. The maximum absolute atomic E-state index is 12.8. The van der Waals surface area contributed by atoms with Crippen molar-refractivity contribution in [3.8, 4) is 9.88 Å². The average Bonchev–Trinajstić information content (AvgIpc) is 3.43. The molecule has 1 N–H and O–H groups in total. The van der Waals surface area contributed by atoms with Crippen molar-refractivity contribution in [3.63, 3.8) is 0 Å². The largest absolute Gasteiger partial charge is 0.339 e. The van der Waals surface area contributed by atoms with Crippen molar-refractivity contribution < 1.29 is 9.59 Å². The first-order valence-electron chi connectivity index (χ1n) is 8.51. The quantitative estimate of drug-likeness (QED) is 0.648. The van der Waals surface area contributed by atoms with Crippen LogP contribution >= 0.6 is 34.3 Å². The van der Waals surface area contributed by atoms with E-state index in [0.29, 0.717) is 22.0 Å². The van der Waals surface area contributed by atoms with Gasteiger partial charge in [-0.1, -0.05) is 17.7 Å². The van der Waals surface area contributed by atoms with Gasteiger partial charge < -0.3 is 10.2 Å². The third-order valence-corrected chi connectivity index (χ3v) is 6.44. The summed E-state index contributed by atoms with van der Waals surface area (Å²) in [6.07, 6.45) is 2.00. The lowest BCUT2D eigenvalue weighted by molar-refractivity contribution is 0.0794. The Labute approximate surface area is 169 Å². The molecule has 0 saturated carbocycles. The summed E-state index contributed by atoms with van der Waals surface area (Å²) < 4.78 is 0. The normalized spacial score (nSPS) is 13.7. The Morgan fingerprint density at radius 1 is 1.15 bits per heavy atom. The number of aromatic nitrogens is 1. The van der Waals surface area contributed by atoms with Crippen LogP contribution < -0.4 is 5.32 Å². The van der Waals surface area contributed by atoms with E-state index < -0.39 is 0 Å². The van der Waals surface area contributed by atoms with Crippen LogP contribution in [0.5, 0.6) is 0 Å². The van der Waals surface area contributed by atoms with Gasteiger partial charge in [0.15, 0.2) is 0 Å². The molecule has 1 saturated heterocycles. The molecule has 1 aliphatic heterocycles. The van der Waals surface area contributed by atoms with Crippen molar-refractivity contribution in [2.24, 2.45) is 0 Å². The van der Waals surface area contributed by atoms with E-state index in [2.05, 4.69) is 10.3 Å². The Balaban J connectivity index is 1.57. The predicted octanol–water partition coefficient (Wildman–Crippen LogP) is 5.01. The first-order chi connectivity index (χ1) is 13.1. The second-order valence-corrected chi connectivity index (χ2v) is 8.40. The number of nitrogens with zero attached hydrogens (tertiary/aromatic N) is 2. The average molecular weight is 418 g/mol. The Bertz CT molecular complexity index is 979. The van der Waals surface area contributed by atoms with Crippen LogP contribution in [-0.2, 0) is 0 Å². The van der Waals surface area contributed by atoms with Crippen LogP contribution in [0.15, 0.2) is 41.1 Å². The highest BCUT2D eigenvalue weighted by molar-refractivity contribution is 7.20. The van der Waals surface area contributed by atoms with Crippen molar-refractivity contribution in [1.29, 1.82) is 0 Å². The number of amides is 2. The number of nitrogens with one attached hydrogen (secondary N) is 1. The predicted molar refractivity (Wildman–Crippen MR) is 110 cm³/mol. The molecule has 0 spiro atoms. The minimum absolute atomic E-state index is 0.108.